The largest absolute Gasteiger partial charge is 0.395 e. The van der Waals surface area contributed by atoms with E-state index in [4.69, 9.17) is 5.11 Å². The van der Waals surface area contributed by atoms with Crippen LogP contribution >= 0.6 is 0 Å². The molecular weight excluding hydrogens is 150 g/mol. The third-order valence-electron chi connectivity index (χ3n) is 2.81. The first-order chi connectivity index (χ1) is 5.65. The zero-order chi connectivity index (χ0) is 9.14. The highest BCUT2D eigenvalue weighted by atomic mass is 16.3. The molecule has 0 aromatic heterocycles. The maximum Gasteiger partial charge on any atom is 0.0587 e. The Bertz CT molecular complexity index is 132. The second-order valence-corrected chi connectivity index (χ2v) is 4.33. The molecule has 0 aromatic rings. The first-order valence-corrected chi connectivity index (χ1v) is 5.02. The van der Waals surface area contributed by atoms with Crippen molar-refractivity contribution >= 4 is 0 Å². The second kappa shape index (κ2) is 4.24. The van der Waals surface area contributed by atoms with Crippen LogP contribution in [0.1, 0.15) is 33.6 Å². The van der Waals surface area contributed by atoms with Crippen LogP contribution < -0.4 is 5.32 Å². The Morgan fingerprint density at radius 1 is 1.33 bits per heavy atom. The van der Waals surface area contributed by atoms with Crippen LogP contribution in [0.15, 0.2) is 0 Å². The minimum Gasteiger partial charge on any atom is -0.395 e. The quantitative estimate of drug-likeness (QED) is 0.655. The van der Waals surface area contributed by atoms with E-state index < -0.39 is 0 Å². The van der Waals surface area contributed by atoms with Crippen molar-refractivity contribution in [3.8, 4) is 0 Å². The van der Waals surface area contributed by atoms with Gasteiger partial charge in [-0.3, -0.25) is 0 Å². The molecule has 2 unspecified atom stereocenters. The summed E-state index contributed by atoms with van der Waals surface area (Å²) in [6.07, 6.45) is 2.73. The van der Waals surface area contributed by atoms with Gasteiger partial charge in [-0.15, -0.1) is 0 Å². The van der Waals surface area contributed by atoms with E-state index >= 15 is 0 Å². The predicted molar refractivity (Wildman–Crippen MR) is 51.0 cm³/mol. The van der Waals surface area contributed by atoms with Crippen LogP contribution in [0.2, 0.25) is 0 Å². The van der Waals surface area contributed by atoms with Gasteiger partial charge in [0.15, 0.2) is 0 Å². The lowest BCUT2D eigenvalue weighted by molar-refractivity contribution is 0.197. The molecule has 1 fully saturated rings. The third kappa shape index (κ3) is 2.76. The summed E-state index contributed by atoms with van der Waals surface area (Å²) in [5, 5.41) is 12.6. The zero-order valence-corrected chi connectivity index (χ0v) is 8.38. The van der Waals surface area contributed by atoms with Gasteiger partial charge in [0, 0.05) is 12.1 Å². The summed E-state index contributed by atoms with van der Waals surface area (Å²) in [5.41, 5.74) is 0. The van der Waals surface area contributed by atoms with Crippen LogP contribution in [0.5, 0.6) is 0 Å². The van der Waals surface area contributed by atoms with E-state index in [1.54, 1.807) is 0 Å². The third-order valence-corrected chi connectivity index (χ3v) is 2.81. The smallest absolute Gasteiger partial charge is 0.0587 e. The summed E-state index contributed by atoms with van der Waals surface area (Å²) in [5.74, 6) is 1.40. The molecule has 2 atom stereocenters. The minimum absolute atomic E-state index is 0.259. The number of hydrogen-bond donors (Lipinski definition) is 2. The number of nitrogens with one attached hydrogen (secondary N) is 1. The van der Waals surface area contributed by atoms with Crippen molar-refractivity contribution in [2.75, 3.05) is 6.61 Å². The van der Waals surface area contributed by atoms with Crippen LogP contribution in [0.3, 0.4) is 0 Å². The Balaban J connectivity index is 2.25. The van der Waals surface area contributed by atoms with Crippen LogP contribution in [0.25, 0.3) is 0 Å². The monoisotopic (exact) mass is 171 g/mol. The number of aliphatic hydroxyl groups is 1. The predicted octanol–water partition coefficient (Wildman–Crippen LogP) is 1.39. The van der Waals surface area contributed by atoms with Gasteiger partial charge < -0.3 is 10.4 Å². The Morgan fingerprint density at radius 3 is 2.25 bits per heavy atom. The normalized spacial score (nSPS) is 22.8. The molecule has 0 radical (unpaired) electrons. The van der Waals surface area contributed by atoms with E-state index in [2.05, 4.69) is 26.1 Å². The van der Waals surface area contributed by atoms with Crippen molar-refractivity contribution in [3.05, 3.63) is 0 Å². The maximum absolute atomic E-state index is 9.09. The molecule has 2 nitrogen and oxygen atoms in total. The van der Waals surface area contributed by atoms with Gasteiger partial charge in [-0.1, -0.05) is 13.8 Å². The van der Waals surface area contributed by atoms with E-state index in [0.717, 1.165) is 5.92 Å². The van der Waals surface area contributed by atoms with Crippen molar-refractivity contribution < 1.29 is 5.11 Å². The Morgan fingerprint density at radius 2 is 1.92 bits per heavy atom. The van der Waals surface area contributed by atoms with Gasteiger partial charge in [0.2, 0.25) is 0 Å². The lowest BCUT2D eigenvalue weighted by Crippen LogP contribution is -2.43. The van der Waals surface area contributed by atoms with E-state index in [1.165, 1.54) is 12.8 Å². The first kappa shape index (κ1) is 10.0. The lowest BCUT2D eigenvalue weighted by Gasteiger charge is -2.24. The fourth-order valence-corrected chi connectivity index (χ4v) is 1.53. The standard InChI is InChI=1S/C10H21NO/c1-7(2)10(6-12)11-8(3)9-4-5-9/h7-12H,4-6H2,1-3H3. The van der Waals surface area contributed by atoms with Crippen LogP contribution in [-0.2, 0) is 0 Å². The lowest BCUT2D eigenvalue weighted by atomic mass is 10.0. The van der Waals surface area contributed by atoms with Gasteiger partial charge >= 0.3 is 0 Å². The number of hydrogen-bond acceptors (Lipinski definition) is 2. The highest BCUT2D eigenvalue weighted by Crippen LogP contribution is 2.32. The molecule has 1 aliphatic rings. The fraction of sp³-hybridized carbons (Fsp3) is 1.00. The molecular formula is C10H21NO. The second-order valence-electron chi connectivity index (χ2n) is 4.33. The molecule has 0 saturated heterocycles. The average Bonchev–Trinajstić information content (AvgIpc) is 2.80. The van der Waals surface area contributed by atoms with Gasteiger partial charge in [-0.25, -0.2) is 0 Å². The van der Waals surface area contributed by atoms with Gasteiger partial charge in [0.25, 0.3) is 0 Å². The van der Waals surface area contributed by atoms with Crippen molar-refractivity contribution in [3.63, 3.8) is 0 Å². The summed E-state index contributed by atoms with van der Waals surface area (Å²) < 4.78 is 0. The molecule has 1 rings (SSSR count). The van der Waals surface area contributed by atoms with Crippen molar-refractivity contribution in [2.45, 2.75) is 45.7 Å². The van der Waals surface area contributed by atoms with Crippen LogP contribution in [-0.4, -0.2) is 23.8 Å². The van der Waals surface area contributed by atoms with Gasteiger partial charge in [-0.2, -0.15) is 0 Å². The van der Waals surface area contributed by atoms with Gasteiger partial charge in [0.05, 0.1) is 6.61 Å². The summed E-state index contributed by atoms with van der Waals surface area (Å²) in [6.45, 7) is 6.78. The molecule has 0 bridgehead atoms. The summed E-state index contributed by atoms with van der Waals surface area (Å²) >= 11 is 0. The summed E-state index contributed by atoms with van der Waals surface area (Å²) in [6, 6.07) is 0.866. The molecule has 1 aliphatic carbocycles. The molecule has 0 amide bonds. The van der Waals surface area contributed by atoms with Crippen LogP contribution in [0, 0.1) is 11.8 Å². The maximum atomic E-state index is 9.09. The molecule has 0 aliphatic heterocycles. The molecule has 1 saturated carbocycles. The van der Waals surface area contributed by atoms with E-state index in [0.29, 0.717) is 12.0 Å². The minimum atomic E-state index is 0.259. The zero-order valence-electron chi connectivity index (χ0n) is 8.38. The average molecular weight is 171 g/mol. The Kier molecular flexibility index (Phi) is 3.53. The molecule has 0 aromatic carbocycles. The number of rotatable bonds is 5. The van der Waals surface area contributed by atoms with E-state index in [9.17, 15) is 0 Å². The highest BCUT2D eigenvalue weighted by Gasteiger charge is 2.29. The number of aliphatic hydroxyl groups excluding tert-OH is 1. The topological polar surface area (TPSA) is 32.3 Å². The van der Waals surface area contributed by atoms with Crippen molar-refractivity contribution in [2.24, 2.45) is 11.8 Å². The van der Waals surface area contributed by atoms with Crippen molar-refractivity contribution in [1.82, 2.24) is 5.32 Å². The van der Waals surface area contributed by atoms with Crippen LogP contribution in [0.4, 0.5) is 0 Å². The van der Waals surface area contributed by atoms with Gasteiger partial charge in [-0.05, 0) is 31.6 Å². The molecule has 2 N–H and O–H groups in total. The van der Waals surface area contributed by atoms with Crippen molar-refractivity contribution in [1.29, 1.82) is 0 Å². The summed E-state index contributed by atoms with van der Waals surface area (Å²) in [7, 11) is 0. The molecule has 12 heavy (non-hydrogen) atoms. The Labute approximate surface area is 75.4 Å². The Hall–Kier alpha value is -0.0800. The van der Waals surface area contributed by atoms with Gasteiger partial charge in [0.1, 0.15) is 0 Å². The van der Waals surface area contributed by atoms with E-state index in [1.807, 2.05) is 0 Å². The molecule has 2 heteroatoms. The SMILES string of the molecule is CC(C)C(CO)NC(C)C1CC1. The van der Waals surface area contributed by atoms with E-state index in [-0.39, 0.29) is 12.6 Å². The summed E-state index contributed by atoms with van der Waals surface area (Å²) in [4.78, 5) is 0. The fourth-order valence-electron chi connectivity index (χ4n) is 1.53. The molecule has 0 heterocycles. The first-order valence-electron chi connectivity index (χ1n) is 5.02. The molecule has 72 valence electrons. The molecule has 0 spiro atoms. The highest BCUT2D eigenvalue weighted by molar-refractivity contribution is 4.86.